The normalized spacial score (nSPS) is 18.7. The van der Waals surface area contributed by atoms with Crippen LogP contribution in [0.2, 0.25) is 0 Å². The highest BCUT2D eigenvalue weighted by atomic mass is 16.4. The van der Waals surface area contributed by atoms with Crippen molar-refractivity contribution in [1.82, 2.24) is 10.3 Å². The number of rotatable bonds is 5. The highest BCUT2D eigenvalue weighted by molar-refractivity contribution is 5.85. The number of amides is 1. The second-order valence-electron chi connectivity index (χ2n) is 5.87. The first-order valence-electron chi connectivity index (χ1n) is 7.47. The summed E-state index contributed by atoms with van der Waals surface area (Å²) in [5, 5.41) is 12.4. The topological polar surface area (TPSA) is 79.3 Å². The number of pyridine rings is 1. The van der Waals surface area contributed by atoms with E-state index in [1.165, 1.54) is 0 Å². The quantitative estimate of drug-likeness (QED) is 0.873. The minimum atomic E-state index is -0.883. The van der Waals surface area contributed by atoms with E-state index in [0.717, 1.165) is 25.0 Å². The van der Waals surface area contributed by atoms with E-state index in [9.17, 15) is 14.7 Å². The summed E-state index contributed by atoms with van der Waals surface area (Å²) in [7, 11) is 0. The van der Waals surface area contributed by atoms with Crippen molar-refractivity contribution in [3.63, 3.8) is 0 Å². The Morgan fingerprint density at radius 2 is 2.05 bits per heavy atom. The number of aliphatic carboxylic acids is 1. The predicted octanol–water partition coefficient (Wildman–Crippen LogP) is 2.68. The van der Waals surface area contributed by atoms with Gasteiger partial charge in [-0.05, 0) is 31.9 Å². The SMILES string of the molecule is CC(NC(=O)CC1(C(=O)O)CCCCC1)c1ccccn1. The molecule has 1 heterocycles. The second-order valence-corrected chi connectivity index (χ2v) is 5.87. The molecule has 2 rings (SSSR count). The Balaban J connectivity index is 1.98. The van der Waals surface area contributed by atoms with Gasteiger partial charge >= 0.3 is 5.97 Å². The predicted molar refractivity (Wildman–Crippen MR) is 78.6 cm³/mol. The lowest BCUT2D eigenvalue weighted by atomic mass is 9.71. The molecule has 5 heteroatoms. The molecule has 1 aliphatic rings. The number of carbonyl (C=O) groups excluding carboxylic acids is 1. The summed E-state index contributed by atoms with van der Waals surface area (Å²) in [6.07, 6.45) is 5.74. The molecule has 2 N–H and O–H groups in total. The van der Waals surface area contributed by atoms with Crippen molar-refractivity contribution in [3.05, 3.63) is 30.1 Å². The molecule has 114 valence electrons. The molecule has 1 atom stereocenters. The van der Waals surface area contributed by atoms with Crippen LogP contribution in [0.25, 0.3) is 0 Å². The molecule has 0 bridgehead atoms. The maximum atomic E-state index is 12.2. The van der Waals surface area contributed by atoms with Crippen molar-refractivity contribution >= 4 is 11.9 Å². The fourth-order valence-electron chi connectivity index (χ4n) is 3.00. The van der Waals surface area contributed by atoms with E-state index in [0.29, 0.717) is 12.8 Å². The summed E-state index contributed by atoms with van der Waals surface area (Å²) < 4.78 is 0. The molecule has 0 aromatic carbocycles. The molecule has 1 fully saturated rings. The smallest absolute Gasteiger partial charge is 0.310 e. The molecule has 1 saturated carbocycles. The third-order valence-corrected chi connectivity index (χ3v) is 4.27. The van der Waals surface area contributed by atoms with Gasteiger partial charge in [0.2, 0.25) is 5.91 Å². The first-order valence-corrected chi connectivity index (χ1v) is 7.47. The maximum absolute atomic E-state index is 12.2. The van der Waals surface area contributed by atoms with Crippen LogP contribution in [0.4, 0.5) is 0 Å². The number of carboxylic acids is 1. The molecule has 1 aromatic heterocycles. The standard InChI is InChI=1S/C16H22N2O3/c1-12(13-7-3-6-10-17-13)18-14(19)11-16(15(20)21)8-4-2-5-9-16/h3,6-7,10,12H,2,4-5,8-9,11H2,1H3,(H,18,19)(H,20,21). The maximum Gasteiger partial charge on any atom is 0.310 e. The lowest BCUT2D eigenvalue weighted by Crippen LogP contribution is -2.39. The number of nitrogens with one attached hydrogen (secondary N) is 1. The van der Waals surface area contributed by atoms with Crippen molar-refractivity contribution in [2.45, 2.75) is 51.5 Å². The molecule has 1 amide bonds. The zero-order valence-corrected chi connectivity index (χ0v) is 12.3. The van der Waals surface area contributed by atoms with Gasteiger partial charge in [-0.25, -0.2) is 0 Å². The Hall–Kier alpha value is -1.91. The summed E-state index contributed by atoms with van der Waals surface area (Å²) in [5.41, 5.74) is -0.106. The molecular formula is C16H22N2O3. The van der Waals surface area contributed by atoms with Crippen LogP contribution in [0.1, 0.15) is 57.2 Å². The van der Waals surface area contributed by atoms with Crippen LogP contribution in [-0.2, 0) is 9.59 Å². The van der Waals surface area contributed by atoms with Crippen LogP contribution < -0.4 is 5.32 Å². The fraction of sp³-hybridized carbons (Fsp3) is 0.562. The molecule has 0 radical (unpaired) electrons. The van der Waals surface area contributed by atoms with Crippen LogP contribution in [0.3, 0.4) is 0 Å². The van der Waals surface area contributed by atoms with Gasteiger partial charge in [0.15, 0.2) is 0 Å². The first-order chi connectivity index (χ1) is 10.0. The number of nitrogens with zero attached hydrogens (tertiary/aromatic N) is 1. The molecule has 0 saturated heterocycles. The lowest BCUT2D eigenvalue weighted by Gasteiger charge is -2.32. The summed E-state index contributed by atoms with van der Waals surface area (Å²) in [6.45, 7) is 1.86. The monoisotopic (exact) mass is 290 g/mol. The van der Waals surface area contributed by atoms with E-state index in [1.54, 1.807) is 6.20 Å². The Morgan fingerprint density at radius 1 is 1.33 bits per heavy atom. The van der Waals surface area contributed by atoms with Gasteiger partial charge in [-0.2, -0.15) is 0 Å². The molecule has 0 aliphatic heterocycles. The summed E-state index contributed by atoms with van der Waals surface area (Å²) in [6, 6.07) is 5.32. The summed E-state index contributed by atoms with van der Waals surface area (Å²) in [5.74, 6) is -1.06. The Bertz CT molecular complexity index is 496. The molecule has 1 aliphatic carbocycles. The van der Waals surface area contributed by atoms with Crippen molar-refractivity contribution in [3.8, 4) is 0 Å². The van der Waals surface area contributed by atoms with Gasteiger partial charge in [0.05, 0.1) is 17.2 Å². The minimum Gasteiger partial charge on any atom is -0.481 e. The highest BCUT2D eigenvalue weighted by Crippen LogP contribution is 2.39. The number of hydrogen-bond acceptors (Lipinski definition) is 3. The van der Waals surface area contributed by atoms with Crippen LogP contribution in [0, 0.1) is 5.41 Å². The van der Waals surface area contributed by atoms with Crippen LogP contribution in [-0.4, -0.2) is 22.0 Å². The van der Waals surface area contributed by atoms with Gasteiger partial charge in [-0.3, -0.25) is 14.6 Å². The molecule has 1 aromatic rings. The molecule has 5 nitrogen and oxygen atoms in total. The van der Waals surface area contributed by atoms with Crippen molar-refractivity contribution in [2.75, 3.05) is 0 Å². The summed E-state index contributed by atoms with van der Waals surface area (Å²) in [4.78, 5) is 28.0. The average Bonchev–Trinajstić information content (AvgIpc) is 2.48. The number of carbonyl (C=O) groups is 2. The zero-order valence-electron chi connectivity index (χ0n) is 12.3. The minimum absolute atomic E-state index is 0.0551. The van der Waals surface area contributed by atoms with Gasteiger partial charge < -0.3 is 10.4 Å². The molecule has 0 spiro atoms. The van der Waals surface area contributed by atoms with Gasteiger partial charge in [0, 0.05) is 12.6 Å². The van der Waals surface area contributed by atoms with Crippen LogP contribution in [0.15, 0.2) is 24.4 Å². The van der Waals surface area contributed by atoms with Crippen LogP contribution >= 0.6 is 0 Å². The molecule has 21 heavy (non-hydrogen) atoms. The summed E-state index contributed by atoms with van der Waals surface area (Å²) >= 11 is 0. The van der Waals surface area contributed by atoms with Crippen molar-refractivity contribution in [2.24, 2.45) is 5.41 Å². The van der Waals surface area contributed by atoms with E-state index in [2.05, 4.69) is 10.3 Å². The highest BCUT2D eigenvalue weighted by Gasteiger charge is 2.41. The van der Waals surface area contributed by atoms with Gasteiger partial charge in [-0.15, -0.1) is 0 Å². The third kappa shape index (κ3) is 3.80. The number of hydrogen-bond donors (Lipinski definition) is 2. The fourth-order valence-corrected chi connectivity index (χ4v) is 3.00. The van der Waals surface area contributed by atoms with Crippen molar-refractivity contribution < 1.29 is 14.7 Å². The first kappa shape index (κ1) is 15.5. The molecule has 1 unspecified atom stereocenters. The van der Waals surface area contributed by atoms with Gasteiger partial charge in [0.25, 0.3) is 0 Å². The number of carboxylic acid groups (broad SMARTS) is 1. The van der Waals surface area contributed by atoms with Crippen molar-refractivity contribution in [1.29, 1.82) is 0 Å². The Kier molecular flexibility index (Phi) is 4.94. The van der Waals surface area contributed by atoms with Crippen LogP contribution in [0.5, 0.6) is 0 Å². The van der Waals surface area contributed by atoms with E-state index < -0.39 is 11.4 Å². The average molecular weight is 290 g/mol. The van der Waals surface area contributed by atoms with E-state index in [-0.39, 0.29) is 18.4 Å². The molecular weight excluding hydrogens is 268 g/mol. The zero-order chi connectivity index (χ0) is 15.3. The van der Waals surface area contributed by atoms with Gasteiger partial charge in [-0.1, -0.05) is 25.3 Å². The van der Waals surface area contributed by atoms with E-state index in [1.807, 2.05) is 25.1 Å². The Morgan fingerprint density at radius 3 is 2.62 bits per heavy atom. The number of aromatic nitrogens is 1. The second kappa shape index (κ2) is 6.70. The Labute approximate surface area is 124 Å². The largest absolute Gasteiger partial charge is 0.481 e. The lowest BCUT2D eigenvalue weighted by molar-refractivity contribution is -0.154. The van der Waals surface area contributed by atoms with E-state index >= 15 is 0 Å². The van der Waals surface area contributed by atoms with Gasteiger partial charge in [0.1, 0.15) is 0 Å². The van der Waals surface area contributed by atoms with E-state index in [4.69, 9.17) is 0 Å². The third-order valence-electron chi connectivity index (χ3n) is 4.27.